The Kier molecular flexibility index (Phi) is 4.66. The zero-order chi connectivity index (χ0) is 13.8. The van der Waals surface area contributed by atoms with Crippen LogP contribution in [-0.2, 0) is 12.8 Å². The average Bonchev–Trinajstić information content (AvgIpc) is 2.89. The van der Waals surface area contributed by atoms with E-state index in [1.54, 1.807) is 13.4 Å². The summed E-state index contributed by atoms with van der Waals surface area (Å²) in [6, 6.07) is 7.57. The minimum absolute atomic E-state index is 0.518. The van der Waals surface area contributed by atoms with Crippen LogP contribution in [-0.4, -0.2) is 12.2 Å². The van der Waals surface area contributed by atoms with E-state index < -0.39 is 6.10 Å². The van der Waals surface area contributed by atoms with Gasteiger partial charge in [0.1, 0.15) is 11.5 Å². The monoisotopic (exact) mass is 324 g/mol. The van der Waals surface area contributed by atoms with Crippen molar-refractivity contribution in [2.75, 3.05) is 7.11 Å². The van der Waals surface area contributed by atoms with Gasteiger partial charge >= 0.3 is 0 Å². The van der Waals surface area contributed by atoms with E-state index in [9.17, 15) is 5.11 Å². The first-order chi connectivity index (χ1) is 9.15. The minimum Gasteiger partial charge on any atom is -0.497 e. The van der Waals surface area contributed by atoms with Crippen LogP contribution in [0.15, 0.2) is 39.4 Å². The molecule has 1 unspecified atom stereocenters. The molecule has 4 heteroatoms. The van der Waals surface area contributed by atoms with Crippen molar-refractivity contribution >= 4 is 15.9 Å². The first-order valence-corrected chi connectivity index (χ1v) is 7.01. The molecule has 3 nitrogen and oxygen atoms in total. The van der Waals surface area contributed by atoms with Crippen LogP contribution in [0.2, 0.25) is 0 Å². The first-order valence-electron chi connectivity index (χ1n) is 6.22. The average molecular weight is 325 g/mol. The number of halogens is 1. The molecule has 0 amide bonds. The number of aliphatic hydroxyl groups excluding tert-OH is 1. The second-order valence-corrected chi connectivity index (χ2v) is 5.18. The van der Waals surface area contributed by atoms with Crippen LogP contribution < -0.4 is 4.74 Å². The van der Waals surface area contributed by atoms with E-state index in [2.05, 4.69) is 15.9 Å². The van der Waals surface area contributed by atoms with Crippen molar-refractivity contribution in [1.82, 2.24) is 0 Å². The maximum absolute atomic E-state index is 10.3. The van der Waals surface area contributed by atoms with Gasteiger partial charge in [-0.05, 0) is 29.8 Å². The lowest BCUT2D eigenvalue weighted by Gasteiger charge is -2.13. The Balaban J connectivity index is 2.21. The molecule has 102 valence electrons. The first kappa shape index (κ1) is 14.2. The highest BCUT2D eigenvalue weighted by Gasteiger charge is 2.16. The second kappa shape index (κ2) is 6.26. The number of rotatable bonds is 5. The lowest BCUT2D eigenvalue weighted by atomic mass is 10.0. The predicted octanol–water partition coefficient (Wildman–Crippen LogP) is 3.89. The van der Waals surface area contributed by atoms with Crippen LogP contribution in [0.5, 0.6) is 5.75 Å². The fourth-order valence-electron chi connectivity index (χ4n) is 2.09. The molecule has 2 rings (SSSR count). The van der Waals surface area contributed by atoms with Gasteiger partial charge in [-0.2, -0.15) is 0 Å². The van der Waals surface area contributed by atoms with Crippen LogP contribution in [0.4, 0.5) is 0 Å². The van der Waals surface area contributed by atoms with Gasteiger partial charge in [0.2, 0.25) is 0 Å². The largest absolute Gasteiger partial charge is 0.497 e. The van der Waals surface area contributed by atoms with E-state index in [-0.39, 0.29) is 0 Å². The van der Waals surface area contributed by atoms with Crippen molar-refractivity contribution < 1.29 is 14.3 Å². The van der Waals surface area contributed by atoms with E-state index in [1.165, 1.54) is 0 Å². The summed E-state index contributed by atoms with van der Waals surface area (Å²) in [6.07, 6.45) is 2.35. The third-order valence-corrected chi connectivity index (χ3v) is 3.90. The summed E-state index contributed by atoms with van der Waals surface area (Å²) in [5, 5.41) is 10.3. The number of methoxy groups -OCH3 is 1. The van der Waals surface area contributed by atoms with Gasteiger partial charge in [-0.15, -0.1) is 0 Å². The van der Waals surface area contributed by atoms with Crippen molar-refractivity contribution in [3.63, 3.8) is 0 Å². The number of aliphatic hydroxyl groups is 1. The Morgan fingerprint density at radius 2 is 2.16 bits per heavy atom. The SMILES string of the molecule is CCc1occc1C(O)Cc1cc(OC)ccc1Br. The third kappa shape index (κ3) is 3.19. The Morgan fingerprint density at radius 3 is 2.84 bits per heavy atom. The van der Waals surface area contributed by atoms with Crippen LogP contribution in [0.25, 0.3) is 0 Å². The summed E-state index contributed by atoms with van der Waals surface area (Å²) < 4.78 is 11.5. The molecule has 2 aromatic rings. The van der Waals surface area contributed by atoms with Gasteiger partial charge in [-0.25, -0.2) is 0 Å². The molecule has 0 saturated carbocycles. The molecule has 1 aromatic heterocycles. The van der Waals surface area contributed by atoms with Crippen LogP contribution >= 0.6 is 15.9 Å². The lowest BCUT2D eigenvalue weighted by Crippen LogP contribution is -2.04. The summed E-state index contributed by atoms with van der Waals surface area (Å²) >= 11 is 3.50. The zero-order valence-corrected chi connectivity index (χ0v) is 12.6. The van der Waals surface area contributed by atoms with Crippen molar-refractivity contribution in [2.45, 2.75) is 25.9 Å². The molecule has 0 aliphatic rings. The summed E-state index contributed by atoms with van der Waals surface area (Å²) in [5.41, 5.74) is 1.87. The van der Waals surface area contributed by atoms with Gasteiger partial charge in [0.15, 0.2) is 0 Å². The number of aryl methyl sites for hydroxylation is 1. The van der Waals surface area contributed by atoms with Crippen molar-refractivity contribution in [1.29, 1.82) is 0 Å². The predicted molar refractivity (Wildman–Crippen MR) is 77.4 cm³/mol. The fourth-order valence-corrected chi connectivity index (χ4v) is 2.50. The minimum atomic E-state index is -0.572. The Hall–Kier alpha value is -1.26. The van der Waals surface area contributed by atoms with E-state index in [0.29, 0.717) is 6.42 Å². The molecule has 0 fully saturated rings. The molecule has 0 aliphatic carbocycles. The molecule has 19 heavy (non-hydrogen) atoms. The third-order valence-electron chi connectivity index (χ3n) is 3.13. The Morgan fingerprint density at radius 1 is 1.37 bits per heavy atom. The molecule has 1 N–H and O–H groups in total. The highest BCUT2D eigenvalue weighted by Crippen LogP contribution is 2.29. The maximum Gasteiger partial charge on any atom is 0.119 e. The van der Waals surface area contributed by atoms with Crippen LogP contribution in [0, 0.1) is 0 Å². The Bertz CT molecular complexity index is 548. The molecule has 0 radical (unpaired) electrons. The van der Waals surface area contributed by atoms with Crippen molar-refractivity contribution in [3.8, 4) is 5.75 Å². The lowest BCUT2D eigenvalue weighted by molar-refractivity contribution is 0.175. The molecular weight excluding hydrogens is 308 g/mol. The van der Waals surface area contributed by atoms with Crippen molar-refractivity contribution in [2.24, 2.45) is 0 Å². The van der Waals surface area contributed by atoms with Gasteiger partial charge in [-0.1, -0.05) is 22.9 Å². The topological polar surface area (TPSA) is 42.6 Å². The highest BCUT2D eigenvalue weighted by molar-refractivity contribution is 9.10. The summed E-state index contributed by atoms with van der Waals surface area (Å²) in [4.78, 5) is 0. The molecular formula is C15H17BrO3. The van der Waals surface area contributed by atoms with Crippen LogP contribution in [0.3, 0.4) is 0 Å². The standard InChI is InChI=1S/C15H17BrO3/c1-3-15-12(6-7-19-15)14(17)9-10-8-11(18-2)4-5-13(10)16/h4-8,14,17H,3,9H2,1-2H3. The van der Waals surface area contributed by atoms with Crippen LogP contribution in [0.1, 0.15) is 29.9 Å². The van der Waals surface area contributed by atoms with Gasteiger partial charge in [0.25, 0.3) is 0 Å². The number of ether oxygens (including phenoxy) is 1. The van der Waals surface area contributed by atoms with Gasteiger partial charge < -0.3 is 14.3 Å². The van der Waals surface area contributed by atoms with E-state index in [1.807, 2.05) is 31.2 Å². The van der Waals surface area contributed by atoms with Crippen molar-refractivity contribution in [3.05, 3.63) is 51.9 Å². The molecule has 0 spiro atoms. The van der Waals surface area contributed by atoms with Gasteiger partial charge in [0, 0.05) is 22.9 Å². The number of hydrogen-bond acceptors (Lipinski definition) is 3. The highest BCUT2D eigenvalue weighted by atomic mass is 79.9. The summed E-state index contributed by atoms with van der Waals surface area (Å²) in [7, 11) is 1.63. The molecule has 0 bridgehead atoms. The van der Waals surface area contributed by atoms with E-state index in [0.717, 1.165) is 33.5 Å². The van der Waals surface area contributed by atoms with E-state index in [4.69, 9.17) is 9.15 Å². The molecule has 1 heterocycles. The quantitative estimate of drug-likeness (QED) is 0.907. The zero-order valence-electron chi connectivity index (χ0n) is 11.0. The normalized spacial score (nSPS) is 12.4. The molecule has 1 aromatic carbocycles. The van der Waals surface area contributed by atoms with Gasteiger partial charge in [0.05, 0.1) is 19.5 Å². The molecule has 1 atom stereocenters. The van der Waals surface area contributed by atoms with E-state index >= 15 is 0 Å². The molecule has 0 aliphatic heterocycles. The smallest absolute Gasteiger partial charge is 0.119 e. The fraction of sp³-hybridized carbons (Fsp3) is 0.333. The Labute approximate surface area is 121 Å². The maximum atomic E-state index is 10.3. The number of furan rings is 1. The molecule has 0 saturated heterocycles. The van der Waals surface area contributed by atoms with Gasteiger partial charge in [-0.3, -0.25) is 0 Å². The summed E-state index contributed by atoms with van der Waals surface area (Å²) in [6.45, 7) is 2.01. The number of hydrogen-bond donors (Lipinski definition) is 1. The second-order valence-electron chi connectivity index (χ2n) is 4.33. The summed E-state index contributed by atoms with van der Waals surface area (Å²) in [5.74, 6) is 1.62. The number of benzene rings is 1.